The van der Waals surface area contributed by atoms with Gasteiger partial charge in [0.25, 0.3) is 0 Å². The molecule has 0 bridgehead atoms. The number of allylic oxidation sites excluding steroid dienone is 4. The molecule has 0 atom stereocenters. The maximum absolute atomic E-state index is 2.42. The third-order valence-electron chi connectivity index (χ3n) is 15.8. The van der Waals surface area contributed by atoms with Gasteiger partial charge in [-0.2, -0.15) is 0 Å². The van der Waals surface area contributed by atoms with E-state index in [9.17, 15) is 0 Å². The lowest BCUT2D eigenvalue weighted by Crippen LogP contribution is -2.29. The number of rotatable bonds is 7. The van der Waals surface area contributed by atoms with Crippen molar-refractivity contribution in [3.05, 3.63) is 300 Å². The SMILES string of the molecule is C1=CC2=C(CC1)c1ccccc1C2(c1ccccc1)c1ccccc1.Cc1ccc(N(c2ccc(C)cc2)c2cccc(-c3ccccc3-c3cc4c(c5ccccc35)c3c5ccccc5ccc3n4C)c2)cc1. The van der Waals surface area contributed by atoms with E-state index in [-0.39, 0.29) is 5.41 Å². The van der Waals surface area contributed by atoms with Crippen molar-refractivity contribution >= 4 is 66.0 Å². The molecule has 2 heteroatoms. The number of aromatic nitrogens is 1. The molecule has 0 aliphatic heterocycles. The fourth-order valence-corrected chi connectivity index (χ4v) is 12.3. The van der Waals surface area contributed by atoms with Crippen LogP contribution < -0.4 is 4.90 Å². The van der Waals surface area contributed by atoms with E-state index in [4.69, 9.17) is 0 Å². The molecule has 74 heavy (non-hydrogen) atoms. The Morgan fingerprint density at radius 2 is 0.986 bits per heavy atom. The Hall–Kier alpha value is -8.98. The number of anilines is 3. The average molecular weight is 949 g/mol. The summed E-state index contributed by atoms with van der Waals surface area (Å²) in [4.78, 5) is 2.35. The minimum Gasteiger partial charge on any atom is -0.344 e. The topological polar surface area (TPSA) is 8.17 Å². The molecular weight excluding hydrogens is 893 g/mol. The summed E-state index contributed by atoms with van der Waals surface area (Å²) in [5.41, 5.74) is 21.6. The highest BCUT2D eigenvalue weighted by atomic mass is 15.1. The molecule has 354 valence electrons. The van der Waals surface area contributed by atoms with Crippen molar-refractivity contribution in [2.75, 3.05) is 4.90 Å². The van der Waals surface area contributed by atoms with Gasteiger partial charge in [0.05, 0.1) is 10.9 Å². The Kier molecular flexibility index (Phi) is 11.3. The summed E-state index contributed by atoms with van der Waals surface area (Å²) in [5, 5.41) is 7.76. The molecule has 0 unspecified atom stereocenters. The molecule has 0 amide bonds. The highest BCUT2D eigenvalue weighted by Crippen LogP contribution is 2.57. The van der Waals surface area contributed by atoms with E-state index in [1.54, 1.807) is 0 Å². The summed E-state index contributed by atoms with van der Waals surface area (Å²) in [6.45, 7) is 4.28. The number of nitrogens with zero attached hydrogens (tertiary/aromatic N) is 2. The van der Waals surface area contributed by atoms with Gasteiger partial charge in [0.2, 0.25) is 0 Å². The van der Waals surface area contributed by atoms with E-state index in [1.807, 2.05) is 0 Å². The molecule has 12 aromatic rings. The monoisotopic (exact) mass is 948 g/mol. The van der Waals surface area contributed by atoms with Crippen molar-refractivity contribution in [3.63, 3.8) is 0 Å². The second-order valence-electron chi connectivity index (χ2n) is 20.1. The minimum absolute atomic E-state index is 0.203. The summed E-state index contributed by atoms with van der Waals surface area (Å²) >= 11 is 0. The number of aryl methyl sites for hydroxylation is 3. The number of benzene rings is 11. The van der Waals surface area contributed by atoms with Gasteiger partial charge >= 0.3 is 0 Å². The molecule has 1 aromatic heterocycles. The van der Waals surface area contributed by atoms with Gasteiger partial charge in [-0.25, -0.2) is 0 Å². The Bertz CT molecular complexity index is 4050. The molecule has 0 spiro atoms. The molecule has 0 saturated carbocycles. The lowest BCUT2D eigenvalue weighted by atomic mass is 9.66. The molecule has 1 heterocycles. The number of fused-ring (bicyclic) bond motifs is 9. The molecule has 11 aromatic carbocycles. The van der Waals surface area contributed by atoms with Crippen molar-refractivity contribution < 1.29 is 0 Å². The van der Waals surface area contributed by atoms with Gasteiger partial charge in [-0.3, -0.25) is 0 Å². The fourth-order valence-electron chi connectivity index (χ4n) is 12.3. The predicted octanol–water partition coefficient (Wildman–Crippen LogP) is 19.2. The summed E-state index contributed by atoms with van der Waals surface area (Å²) < 4.78 is 2.37. The smallest absolute Gasteiger partial charge is 0.0710 e. The number of hydrogen-bond acceptors (Lipinski definition) is 1. The molecule has 0 N–H and O–H groups in total. The van der Waals surface area contributed by atoms with Gasteiger partial charge in [-0.15, -0.1) is 0 Å². The minimum atomic E-state index is -0.203. The van der Waals surface area contributed by atoms with E-state index in [0.29, 0.717) is 0 Å². The zero-order chi connectivity index (χ0) is 49.8. The van der Waals surface area contributed by atoms with Gasteiger partial charge < -0.3 is 9.47 Å². The Labute approximate surface area is 434 Å². The fraction of sp³-hybridized carbons (Fsp3) is 0.0833. The number of hydrogen-bond donors (Lipinski definition) is 0. The van der Waals surface area contributed by atoms with E-state index in [2.05, 4.69) is 291 Å². The van der Waals surface area contributed by atoms with Gasteiger partial charge in [-0.1, -0.05) is 223 Å². The van der Waals surface area contributed by atoms with Gasteiger partial charge in [-0.05, 0) is 152 Å². The third-order valence-corrected chi connectivity index (χ3v) is 15.8. The van der Waals surface area contributed by atoms with Crippen LogP contribution in [0.1, 0.15) is 46.2 Å². The first-order chi connectivity index (χ1) is 36.5. The maximum Gasteiger partial charge on any atom is 0.0710 e. The highest BCUT2D eigenvalue weighted by Gasteiger charge is 2.46. The molecule has 0 radical (unpaired) electrons. The first-order valence-electron chi connectivity index (χ1n) is 26.0. The predicted molar refractivity (Wildman–Crippen MR) is 315 cm³/mol. The van der Waals surface area contributed by atoms with Gasteiger partial charge in [0.15, 0.2) is 0 Å². The third kappa shape index (κ3) is 7.40. The summed E-state index contributed by atoms with van der Waals surface area (Å²) in [6, 6.07) is 91.1. The van der Waals surface area contributed by atoms with Crippen molar-refractivity contribution in [1.82, 2.24) is 4.57 Å². The maximum atomic E-state index is 2.42. The Balaban J connectivity index is 0.000000176. The van der Waals surface area contributed by atoms with Crippen molar-refractivity contribution in [2.24, 2.45) is 7.05 Å². The van der Waals surface area contributed by atoms with E-state index < -0.39 is 0 Å². The van der Waals surface area contributed by atoms with Gasteiger partial charge in [0, 0.05) is 40.4 Å². The quantitative estimate of drug-likeness (QED) is 0.155. The van der Waals surface area contributed by atoms with Crippen LogP contribution in [0.2, 0.25) is 0 Å². The van der Waals surface area contributed by atoms with Crippen LogP contribution in [0, 0.1) is 13.8 Å². The van der Waals surface area contributed by atoms with Crippen molar-refractivity contribution in [2.45, 2.75) is 32.1 Å². The highest BCUT2D eigenvalue weighted by molar-refractivity contribution is 6.30. The van der Waals surface area contributed by atoms with Crippen molar-refractivity contribution in [1.29, 1.82) is 0 Å². The first kappa shape index (κ1) is 44.9. The second-order valence-corrected chi connectivity index (χ2v) is 20.1. The average Bonchev–Trinajstić information content (AvgIpc) is 3.97. The van der Waals surface area contributed by atoms with E-state index in [1.165, 1.54) is 110 Å². The summed E-state index contributed by atoms with van der Waals surface area (Å²) in [6.07, 6.45) is 6.97. The normalized spacial score (nSPS) is 13.5. The lowest BCUT2D eigenvalue weighted by Gasteiger charge is -2.35. The van der Waals surface area contributed by atoms with E-state index in [0.717, 1.165) is 29.9 Å². The van der Waals surface area contributed by atoms with Crippen molar-refractivity contribution in [3.8, 4) is 22.3 Å². The molecule has 2 aliphatic carbocycles. The standard InChI is InChI=1S/C47H36N2.C25H20/c1-31-19-24-35(25-20-31)49(36-26-21-32(2)22-27-36)37-13-10-12-34(29-37)38-14-6-7-16-40(38)43-30-45-47(42-18-9-8-17-41(42)43)46-39-15-5-4-11-33(39)23-28-44(46)48(45)3;1-3-11-19(12-4-1)25(20-13-5-2-6-14-20)23-17-9-7-15-21(23)22-16-8-10-18-24(22)25/h4-30H,1-3H3;1-7,9-15,17-18H,8,16H2. The Morgan fingerprint density at radius 3 is 1.68 bits per heavy atom. The van der Waals surface area contributed by atoms with Crippen LogP contribution in [0.25, 0.3) is 71.2 Å². The molecule has 2 nitrogen and oxygen atoms in total. The van der Waals surface area contributed by atoms with Crippen LogP contribution in [0.3, 0.4) is 0 Å². The van der Waals surface area contributed by atoms with Gasteiger partial charge in [0.1, 0.15) is 0 Å². The zero-order valence-corrected chi connectivity index (χ0v) is 42.1. The molecule has 2 aliphatic rings. The largest absolute Gasteiger partial charge is 0.344 e. The molecule has 14 rings (SSSR count). The van der Waals surface area contributed by atoms with Crippen LogP contribution in [-0.4, -0.2) is 4.57 Å². The zero-order valence-electron chi connectivity index (χ0n) is 42.1. The van der Waals surface area contributed by atoms with Crippen LogP contribution in [0.4, 0.5) is 17.1 Å². The summed E-state index contributed by atoms with van der Waals surface area (Å²) in [5.74, 6) is 0. The second kappa shape index (κ2) is 18.6. The van der Waals surface area contributed by atoms with Crippen LogP contribution in [0.15, 0.2) is 266 Å². The molecule has 0 fully saturated rings. The van der Waals surface area contributed by atoms with Crippen LogP contribution in [-0.2, 0) is 12.5 Å². The lowest BCUT2D eigenvalue weighted by molar-refractivity contribution is 0.756. The Morgan fingerprint density at radius 1 is 0.419 bits per heavy atom. The summed E-state index contributed by atoms with van der Waals surface area (Å²) in [7, 11) is 2.21. The van der Waals surface area contributed by atoms with E-state index >= 15 is 0 Å². The first-order valence-corrected chi connectivity index (χ1v) is 26.0. The molecular formula is C72H56N2. The van der Waals surface area contributed by atoms with Crippen LogP contribution >= 0.6 is 0 Å². The molecule has 0 saturated heterocycles. The van der Waals surface area contributed by atoms with Crippen LogP contribution in [0.5, 0.6) is 0 Å².